The van der Waals surface area contributed by atoms with Crippen LogP contribution in [0.4, 0.5) is 5.95 Å². The minimum atomic E-state index is -0.585. The van der Waals surface area contributed by atoms with Gasteiger partial charge in [-0.1, -0.05) is 0 Å². The van der Waals surface area contributed by atoms with Crippen molar-refractivity contribution in [1.29, 1.82) is 0 Å². The third kappa shape index (κ3) is 4.67. The first-order valence-electron chi connectivity index (χ1n) is 13.7. The summed E-state index contributed by atoms with van der Waals surface area (Å²) < 4.78 is 14.5. The van der Waals surface area contributed by atoms with Crippen LogP contribution in [0.3, 0.4) is 0 Å². The molecule has 3 aromatic heterocycles. The van der Waals surface area contributed by atoms with Crippen LogP contribution in [0.1, 0.15) is 57.1 Å². The molecule has 11 heteroatoms. The smallest absolute Gasteiger partial charge is 0.250 e. The molecule has 0 aromatic carbocycles. The Hall–Kier alpha value is -3.02. The zero-order chi connectivity index (χ0) is 26.3. The van der Waals surface area contributed by atoms with E-state index < -0.39 is 5.54 Å². The Bertz CT molecular complexity index is 1290. The highest BCUT2D eigenvalue weighted by Gasteiger charge is 2.54. The lowest BCUT2D eigenvalue weighted by Gasteiger charge is -2.30. The molecule has 2 N–H and O–H groups in total. The lowest BCUT2D eigenvalue weighted by atomic mass is 9.85. The van der Waals surface area contributed by atoms with Crippen LogP contribution >= 0.6 is 0 Å². The van der Waals surface area contributed by atoms with Gasteiger partial charge in [-0.05, 0) is 51.5 Å². The number of aliphatic hydroxyl groups is 1. The lowest BCUT2D eigenvalue weighted by molar-refractivity contribution is -0.140. The van der Waals surface area contributed by atoms with Crippen molar-refractivity contribution in [3.63, 3.8) is 0 Å². The zero-order valence-electron chi connectivity index (χ0n) is 22.2. The fraction of sp³-hybridized carbons (Fsp3) is 0.630. The molecular formula is C27H37N7O4. The number of hydrogen-bond donors (Lipinski definition) is 2. The maximum Gasteiger partial charge on any atom is 0.250 e. The number of carbonyl (C=O) groups excluding carboxylic acids is 1. The average molecular weight is 524 g/mol. The molecule has 1 aliphatic heterocycles. The van der Waals surface area contributed by atoms with Gasteiger partial charge in [0.25, 0.3) is 5.91 Å². The molecule has 4 heterocycles. The number of aliphatic hydroxyl groups excluding tert-OH is 1. The predicted octanol–water partition coefficient (Wildman–Crippen LogP) is 2.41. The number of amides is 1. The van der Waals surface area contributed by atoms with Crippen molar-refractivity contribution in [3.05, 3.63) is 30.4 Å². The molecule has 0 unspecified atom stereocenters. The molecule has 38 heavy (non-hydrogen) atoms. The molecule has 0 bridgehead atoms. The van der Waals surface area contributed by atoms with Crippen molar-refractivity contribution < 1.29 is 19.4 Å². The van der Waals surface area contributed by atoms with Crippen LogP contribution in [-0.4, -0.2) is 92.5 Å². The quantitative estimate of drug-likeness (QED) is 0.462. The van der Waals surface area contributed by atoms with Gasteiger partial charge in [-0.15, -0.1) is 5.10 Å². The number of rotatable bonds is 8. The number of aromatic nitrogens is 5. The van der Waals surface area contributed by atoms with Crippen LogP contribution in [0.2, 0.25) is 0 Å². The van der Waals surface area contributed by atoms with Gasteiger partial charge in [0.15, 0.2) is 0 Å². The Labute approximate surface area is 222 Å². The number of morpholine rings is 1. The Morgan fingerprint density at radius 2 is 2.00 bits per heavy atom. The summed E-state index contributed by atoms with van der Waals surface area (Å²) in [4.78, 5) is 19.9. The van der Waals surface area contributed by atoms with Gasteiger partial charge in [0, 0.05) is 55.2 Å². The minimum absolute atomic E-state index is 0.0673. The average Bonchev–Trinajstić information content (AvgIpc) is 3.43. The summed E-state index contributed by atoms with van der Waals surface area (Å²) in [6, 6.07) is 2.26. The van der Waals surface area contributed by atoms with Crippen molar-refractivity contribution in [2.45, 2.75) is 69.1 Å². The highest BCUT2D eigenvalue weighted by Crippen LogP contribution is 2.46. The van der Waals surface area contributed by atoms with Crippen LogP contribution in [0.25, 0.3) is 16.6 Å². The second kappa shape index (κ2) is 10.3. The highest BCUT2D eigenvalue weighted by atomic mass is 16.5. The van der Waals surface area contributed by atoms with Gasteiger partial charge in [0.2, 0.25) is 5.95 Å². The van der Waals surface area contributed by atoms with Crippen molar-refractivity contribution >= 4 is 17.4 Å². The molecular weight excluding hydrogens is 486 g/mol. The second-order valence-corrected chi connectivity index (χ2v) is 11.0. The van der Waals surface area contributed by atoms with E-state index >= 15 is 0 Å². The maximum atomic E-state index is 13.4. The summed E-state index contributed by atoms with van der Waals surface area (Å²) in [6.07, 6.45) is 10.5. The van der Waals surface area contributed by atoms with E-state index in [0.717, 1.165) is 60.9 Å². The third-order valence-electron chi connectivity index (χ3n) is 8.20. The second-order valence-electron chi connectivity index (χ2n) is 11.0. The fourth-order valence-electron chi connectivity index (χ4n) is 5.90. The maximum absolute atomic E-state index is 13.4. The molecule has 204 valence electrons. The molecule has 3 fully saturated rings. The van der Waals surface area contributed by atoms with Gasteiger partial charge < -0.3 is 24.8 Å². The number of nitrogens with zero attached hydrogens (tertiary/aromatic N) is 6. The molecule has 0 spiro atoms. The molecule has 2 aliphatic carbocycles. The summed E-state index contributed by atoms with van der Waals surface area (Å²) >= 11 is 0. The number of nitrogens with one attached hydrogen (secondary N) is 1. The Kier molecular flexibility index (Phi) is 6.83. The van der Waals surface area contributed by atoms with E-state index in [9.17, 15) is 9.90 Å². The molecule has 1 amide bonds. The van der Waals surface area contributed by atoms with Gasteiger partial charge in [0.05, 0.1) is 43.8 Å². The van der Waals surface area contributed by atoms with Crippen molar-refractivity contribution in [2.75, 3.05) is 45.3 Å². The van der Waals surface area contributed by atoms with Gasteiger partial charge in [-0.25, -0.2) is 9.50 Å². The molecule has 1 saturated heterocycles. The normalized spacial score (nSPS) is 23.9. The third-order valence-corrected chi connectivity index (χ3v) is 8.20. The van der Waals surface area contributed by atoms with E-state index in [2.05, 4.69) is 21.5 Å². The van der Waals surface area contributed by atoms with Gasteiger partial charge in [-0.2, -0.15) is 5.10 Å². The van der Waals surface area contributed by atoms with E-state index in [1.54, 1.807) is 7.11 Å². The number of carbonyl (C=O) groups is 1. The van der Waals surface area contributed by atoms with E-state index in [1.165, 1.54) is 0 Å². The molecule has 11 nitrogen and oxygen atoms in total. The zero-order valence-corrected chi connectivity index (χ0v) is 22.2. The van der Waals surface area contributed by atoms with E-state index in [1.807, 2.05) is 39.6 Å². The van der Waals surface area contributed by atoms with Crippen LogP contribution in [0, 0.1) is 0 Å². The molecule has 2 saturated carbocycles. The largest absolute Gasteiger partial charge is 0.393 e. The van der Waals surface area contributed by atoms with Gasteiger partial charge in [0.1, 0.15) is 5.54 Å². The number of fused-ring (bicyclic) bond motifs is 1. The lowest BCUT2D eigenvalue weighted by Crippen LogP contribution is -2.47. The summed E-state index contributed by atoms with van der Waals surface area (Å²) in [6.45, 7) is 5.03. The van der Waals surface area contributed by atoms with E-state index in [0.29, 0.717) is 44.8 Å². The number of methoxy groups -OCH3 is 1. The Morgan fingerprint density at radius 3 is 2.71 bits per heavy atom. The summed E-state index contributed by atoms with van der Waals surface area (Å²) in [7, 11) is 1.68. The van der Waals surface area contributed by atoms with E-state index in [-0.39, 0.29) is 18.1 Å². The minimum Gasteiger partial charge on any atom is -0.393 e. The molecule has 3 aromatic rings. The summed E-state index contributed by atoms with van der Waals surface area (Å²) in [5.41, 5.74) is 3.38. The number of ether oxygens (including phenoxy) is 2. The van der Waals surface area contributed by atoms with E-state index in [4.69, 9.17) is 14.6 Å². The van der Waals surface area contributed by atoms with Crippen molar-refractivity contribution in [3.8, 4) is 11.1 Å². The Balaban J connectivity index is 1.34. The van der Waals surface area contributed by atoms with Crippen LogP contribution in [0.15, 0.2) is 24.7 Å². The number of hydrogen-bond acceptors (Lipinski definition) is 8. The van der Waals surface area contributed by atoms with Gasteiger partial charge >= 0.3 is 0 Å². The van der Waals surface area contributed by atoms with Crippen LogP contribution < -0.4 is 5.32 Å². The molecule has 0 radical (unpaired) electrons. The van der Waals surface area contributed by atoms with Crippen LogP contribution in [-0.2, 0) is 19.8 Å². The number of anilines is 1. The summed E-state index contributed by atoms with van der Waals surface area (Å²) in [5.74, 6) is 0.986. The summed E-state index contributed by atoms with van der Waals surface area (Å²) in [5, 5.41) is 23.0. The SMILES string of the molecule is COC[C@H](C)Nc1ncc2c(-c3cnn(C4(C(=O)N5CCOCC5)CC4)c3)cc(C3CCC(O)CC3)n2n1. The standard InChI is InChI=1S/C27H37N7O4/c1-18(17-37-2)30-26-28-15-24-22(13-23(34(24)31-26)19-3-5-21(35)6-4-19)20-14-29-33(16-20)27(7-8-27)25(36)32-9-11-38-12-10-32/h13-16,18-19,21,35H,3-12,17H2,1-2H3,(H,30,31)/t18-,19?,21?/m0/s1. The topological polar surface area (TPSA) is 119 Å². The first-order chi connectivity index (χ1) is 18.5. The molecule has 6 rings (SSSR count). The van der Waals surface area contributed by atoms with Crippen molar-refractivity contribution in [2.24, 2.45) is 0 Å². The predicted molar refractivity (Wildman–Crippen MR) is 141 cm³/mol. The van der Waals surface area contributed by atoms with Gasteiger partial charge in [-0.3, -0.25) is 9.48 Å². The monoisotopic (exact) mass is 523 g/mol. The van der Waals surface area contributed by atoms with Crippen LogP contribution in [0.5, 0.6) is 0 Å². The van der Waals surface area contributed by atoms with Crippen molar-refractivity contribution in [1.82, 2.24) is 29.3 Å². The first-order valence-corrected chi connectivity index (χ1v) is 13.7. The fourth-order valence-corrected chi connectivity index (χ4v) is 5.90. The first kappa shape index (κ1) is 25.3. The molecule has 3 aliphatic rings. The Morgan fingerprint density at radius 1 is 1.24 bits per heavy atom. The molecule has 1 atom stereocenters. The highest BCUT2D eigenvalue weighted by molar-refractivity contribution is 5.88.